The number of halogens is 2. The molecule has 0 amide bonds. The average molecular weight is 295 g/mol. The molecule has 0 aromatic heterocycles. The molecule has 21 heavy (non-hydrogen) atoms. The van der Waals surface area contributed by atoms with Crippen molar-refractivity contribution in [3.8, 4) is 0 Å². The van der Waals surface area contributed by atoms with Crippen molar-refractivity contribution < 1.29 is 8.78 Å². The molecule has 0 bridgehead atoms. The Morgan fingerprint density at radius 3 is 2.10 bits per heavy atom. The van der Waals surface area contributed by atoms with Crippen molar-refractivity contribution in [2.75, 3.05) is 13.1 Å². The van der Waals surface area contributed by atoms with Crippen LogP contribution in [0.2, 0.25) is 0 Å². The van der Waals surface area contributed by atoms with Crippen molar-refractivity contribution in [1.29, 1.82) is 0 Å². The highest BCUT2D eigenvalue weighted by atomic mass is 19.1. The molecule has 1 aromatic rings. The van der Waals surface area contributed by atoms with E-state index in [9.17, 15) is 8.78 Å². The summed E-state index contributed by atoms with van der Waals surface area (Å²) in [6.07, 6.45) is 6.73. The van der Waals surface area contributed by atoms with Crippen LogP contribution in [-0.4, -0.2) is 23.5 Å². The van der Waals surface area contributed by atoms with Crippen LogP contribution in [0, 0.1) is 11.6 Å². The fourth-order valence-electron chi connectivity index (χ4n) is 4.24. The van der Waals surface area contributed by atoms with E-state index in [1.807, 2.05) is 0 Å². The van der Waals surface area contributed by atoms with Gasteiger partial charge >= 0.3 is 0 Å². The summed E-state index contributed by atoms with van der Waals surface area (Å²) in [5.41, 5.74) is 3.37. The Morgan fingerprint density at radius 2 is 1.57 bits per heavy atom. The summed E-state index contributed by atoms with van der Waals surface area (Å²) in [6.45, 7) is 2.10. The molecule has 3 nitrogen and oxygen atoms in total. The minimum atomic E-state index is -0.542. The molecule has 1 atom stereocenters. The fourth-order valence-corrected chi connectivity index (χ4v) is 4.24. The minimum absolute atomic E-state index is 0.106. The van der Waals surface area contributed by atoms with Crippen LogP contribution in [0.1, 0.15) is 50.1 Å². The normalized spacial score (nSPS) is 23.6. The summed E-state index contributed by atoms with van der Waals surface area (Å²) >= 11 is 0. The maximum absolute atomic E-state index is 13.6. The van der Waals surface area contributed by atoms with Gasteiger partial charge in [-0.15, -0.1) is 0 Å². The molecule has 5 heteroatoms. The van der Waals surface area contributed by atoms with E-state index in [1.54, 1.807) is 0 Å². The van der Waals surface area contributed by atoms with Gasteiger partial charge in [0.1, 0.15) is 11.6 Å². The zero-order valence-electron chi connectivity index (χ0n) is 12.2. The van der Waals surface area contributed by atoms with Crippen LogP contribution in [0.4, 0.5) is 8.78 Å². The van der Waals surface area contributed by atoms with Gasteiger partial charge in [0.2, 0.25) is 0 Å². The maximum atomic E-state index is 13.6. The smallest absolute Gasteiger partial charge is 0.126 e. The van der Waals surface area contributed by atoms with Crippen LogP contribution in [0.3, 0.4) is 0 Å². The predicted octanol–water partition coefficient (Wildman–Crippen LogP) is 2.88. The molecule has 3 rings (SSSR count). The molecule has 2 fully saturated rings. The molecule has 2 aliphatic rings. The second-order valence-electron chi connectivity index (χ2n) is 6.31. The number of likely N-dealkylation sites (tertiary alicyclic amines) is 1. The predicted molar refractivity (Wildman–Crippen MR) is 78.4 cm³/mol. The first-order valence-electron chi connectivity index (χ1n) is 7.83. The number of hydrogen-bond donors (Lipinski definition) is 2. The largest absolute Gasteiger partial charge is 0.296 e. The molecule has 0 radical (unpaired) electrons. The van der Waals surface area contributed by atoms with Gasteiger partial charge in [-0.3, -0.25) is 16.2 Å². The van der Waals surface area contributed by atoms with E-state index in [1.165, 1.54) is 25.0 Å². The fraction of sp³-hybridized carbons (Fsp3) is 0.625. The van der Waals surface area contributed by atoms with Crippen LogP contribution in [0.5, 0.6) is 0 Å². The van der Waals surface area contributed by atoms with Crippen molar-refractivity contribution in [1.82, 2.24) is 10.3 Å². The summed E-state index contributed by atoms with van der Waals surface area (Å²) in [6, 6.07) is 3.49. The highest BCUT2D eigenvalue weighted by Crippen LogP contribution is 2.45. The molecule has 1 unspecified atom stereocenters. The molecule has 1 aromatic carbocycles. The lowest BCUT2D eigenvalue weighted by Gasteiger charge is -2.45. The summed E-state index contributed by atoms with van der Waals surface area (Å²) in [5.74, 6) is 4.73. The minimum Gasteiger partial charge on any atom is -0.296 e. The van der Waals surface area contributed by atoms with Crippen molar-refractivity contribution in [2.24, 2.45) is 5.84 Å². The van der Waals surface area contributed by atoms with Crippen LogP contribution < -0.4 is 11.3 Å². The van der Waals surface area contributed by atoms with Crippen LogP contribution >= 0.6 is 0 Å². The van der Waals surface area contributed by atoms with E-state index in [-0.39, 0.29) is 11.6 Å². The number of hydrogen-bond acceptors (Lipinski definition) is 3. The molecule has 1 saturated carbocycles. The lowest BCUT2D eigenvalue weighted by Crippen LogP contribution is -2.55. The van der Waals surface area contributed by atoms with Crippen molar-refractivity contribution in [3.05, 3.63) is 35.4 Å². The molecule has 1 aliphatic carbocycles. The molecule has 0 spiro atoms. The van der Waals surface area contributed by atoms with Gasteiger partial charge in [-0.2, -0.15) is 0 Å². The first-order valence-corrected chi connectivity index (χ1v) is 7.83. The van der Waals surface area contributed by atoms with Gasteiger partial charge in [-0.25, -0.2) is 8.78 Å². The summed E-state index contributed by atoms with van der Waals surface area (Å²) in [4.78, 5) is 2.48. The molecular formula is C16H23F2N3. The van der Waals surface area contributed by atoms with E-state index in [0.29, 0.717) is 5.56 Å². The maximum Gasteiger partial charge on any atom is 0.126 e. The highest BCUT2D eigenvalue weighted by molar-refractivity contribution is 5.26. The molecule has 116 valence electrons. The highest BCUT2D eigenvalue weighted by Gasteiger charge is 2.47. The van der Waals surface area contributed by atoms with Crippen LogP contribution in [0.15, 0.2) is 18.2 Å². The SMILES string of the molecule is NNC(c1cc(F)cc(F)c1)C1(N2CCCC2)CCCC1. The Hall–Kier alpha value is -1.04. The molecule has 1 heterocycles. The van der Waals surface area contributed by atoms with Crippen molar-refractivity contribution in [3.63, 3.8) is 0 Å². The number of nitrogens with zero attached hydrogens (tertiary/aromatic N) is 1. The third-order valence-electron chi connectivity index (χ3n) is 5.13. The Morgan fingerprint density at radius 1 is 1.00 bits per heavy atom. The van der Waals surface area contributed by atoms with E-state index in [0.717, 1.165) is 44.8 Å². The van der Waals surface area contributed by atoms with E-state index < -0.39 is 11.6 Å². The molecular weight excluding hydrogens is 272 g/mol. The third-order valence-corrected chi connectivity index (χ3v) is 5.13. The molecule has 1 aliphatic heterocycles. The number of rotatable bonds is 4. The van der Waals surface area contributed by atoms with E-state index >= 15 is 0 Å². The van der Waals surface area contributed by atoms with Gasteiger partial charge in [0, 0.05) is 11.6 Å². The number of nitrogens with two attached hydrogens (primary N) is 1. The topological polar surface area (TPSA) is 41.3 Å². The first kappa shape index (κ1) is 14.9. The Balaban J connectivity index is 1.98. The van der Waals surface area contributed by atoms with Crippen molar-refractivity contribution in [2.45, 2.75) is 50.1 Å². The number of benzene rings is 1. The molecule has 3 N–H and O–H groups in total. The van der Waals surface area contributed by atoms with E-state index in [2.05, 4.69) is 10.3 Å². The second-order valence-corrected chi connectivity index (χ2v) is 6.31. The zero-order valence-corrected chi connectivity index (χ0v) is 12.2. The van der Waals surface area contributed by atoms with Gasteiger partial charge < -0.3 is 0 Å². The average Bonchev–Trinajstić information content (AvgIpc) is 3.10. The van der Waals surface area contributed by atoms with Gasteiger partial charge in [-0.1, -0.05) is 12.8 Å². The number of hydrazine groups is 1. The van der Waals surface area contributed by atoms with Gasteiger partial charge in [0.25, 0.3) is 0 Å². The van der Waals surface area contributed by atoms with E-state index in [4.69, 9.17) is 5.84 Å². The Kier molecular flexibility index (Phi) is 4.24. The molecule has 1 saturated heterocycles. The van der Waals surface area contributed by atoms with Gasteiger partial charge in [-0.05, 0) is 56.5 Å². The number of nitrogens with one attached hydrogen (secondary N) is 1. The van der Waals surface area contributed by atoms with Crippen LogP contribution in [0.25, 0.3) is 0 Å². The summed E-state index contributed by atoms with van der Waals surface area (Å²) in [5, 5.41) is 0. The van der Waals surface area contributed by atoms with Gasteiger partial charge in [0.15, 0.2) is 0 Å². The summed E-state index contributed by atoms with van der Waals surface area (Å²) < 4.78 is 27.2. The van der Waals surface area contributed by atoms with Crippen LogP contribution in [-0.2, 0) is 0 Å². The zero-order chi connectivity index (χ0) is 14.9. The van der Waals surface area contributed by atoms with Gasteiger partial charge in [0.05, 0.1) is 6.04 Å². The van der Waals surface area contributed by atoms with Crippen molar-refractivity contribution >= 4 is 0 Å². The monoisotopic (exact) mass is 295 g/mol. The summed E-state index contributed by atoms with van der Waals surface area (Å²) in [7, 11) is 0. The third kappa shape index (κ3) is 2.70. The lowest BCUT2D eigenvalue weighted by molar-refractivity contribution is 0.0762. The quantitative estimate of drug-likeness (QED) is 0.663. The first-order chi connectivity index (χ1) is 10.2. The Labute approximate surface area is 124 Å². The second kappa shape index (κ2) is 5.99. The standard InChI is InChI=1S/C16H23F2N3/c17-13-9-12(10-14(18)11-13)15(20-19)16(5-1-2-6-16)21-7-3-4-8-21/h9-11,15,20H,1-8,19H2. The lowest BCUT2D eigenvalue weighted by atomic mass is 9.82. The Bertz CT molecular complexity index is 474.